The number of nitrogens with one attached hydrogen (secondary N) is 2. The Labute approximate surface area is 363 Å². The molecule has 7 rings (SSSR count). The van der Waals surface area contributed by atoms with Crippen molar-refractivity contribution in [2.75, 3.05) is 36.9 Å². The SMILES string of the molecule is CC[C@@H](CO)Oc1cc(Oc2ccc(C(=O)N3CCC3)cc2)cc(C(=O)Nc2ccn(C)n2)c1.Cc1cnc(NC(=O)c2cc(OCCc3ccsc3)cc(OC(C)C)c2)s1. The number of aromatic nitrogens is 3. The quantitative estimate of drug-likeness (QED) is 0.0808. The lowest BCUT2D eigenvalue weighted by Gasteiger charge is -2.30. The molecule has 0 unspecified atom stereocenters. The minimum atomic E-state index is -0.409. The van der Waals surface area contributed by atoms with Crippen molar-refractivity contribution >= 4 is 51.3 Å². The average molecular weight is 867 g/mol. The molecule has 0 saturated carbocycles. The van der Waals surface area contributed by atoms with Crippen molar-refractivity contribution in [1.82, 2.24) is 19.7 Å². The van der Waals surface area contributed by atoms with Crippen LogP contribution in [0.15, 0.2) is 96.0 Å². The van der Waals surface area contributed by atoms with Crippen LogP contribution in [0.3, 0.4) is 0 Å². The molecular formula is C45H50N6O8S2. The minimum absolute atomic E-state index is 0.00331. The number of likely N-dealkylation sites (tertiary alicyclic amines) is 1. The van der Waals surface area contributed by atoms with Gasteiger partial charge >= 0.3 is 0 Å². The van der Waals surface area contributed by atoms with Gasteiger partial charge in [-0.3, -0.25) is 24.4 Å². The van der Waals surface area contributed by atoms with E-state index in [-0.39, 0.29) is 30.4 Å². The summed E-state index contributed by atoms with van der Waals surface area (Å²) in [5, 5.41) is 24.0. The number of aliphatic hydroxyl groups excluding tert-OH is 1. The Kier molecular flexibility index (Phi) is 15.5. The van der Waals surface area contributed by atoms with Crippen molar-refractivity contribution in [3.63, 3.8) is 0 Å². The number of ether oxygens (including phenoxy) is 4. The van der Waals surface area contributed by atoms with Gasteiger partial charge in [0.2, 0.25) is 0 Å². The van der Waals surface area contributed by atoms with Crippen molar-refractivity contribution in [3.8, 4) is 28.7 Å². The standard InChI is InChI=1S/C25H28N4O5.C20H22N2O3S2/c1-3-19(16-30)33-21-13-18(24(31)26-23-9-12-28(2)27-23)14-22(15-21)34-20-7-5-17(6-8-20)25(32)29-10-4-11-29;1-13(2)25-18-9-16(19(23)22-20-21-11-14(3)27-20)8-17(10-18)24-6-4-15-5-7-26-12-15/h5-9,12-15,19,30H,3-4,10-11,16H2,1-2H3,(H,26,27,31);5,7-13H,4,6H2,1-3H3,(H,21,22,23)/t19-;/m0./s1. The van der Waals surface area contributed by atoms with Gasteiger partial charge in [0.1, 0.15) is 34.9 Å². The predicted molar refractivity (Wildman–Crippen MR) is 237 cm³/mol. The highest BCUT2D eigenvalue weighted by Gasteiger charge is 2.22. The smallest absolute Gasteiger partial charge is 0.257 e. The van der Waals surface area contributed by atoms with Crippen LogP contribution in [-0.2, 0) is 13.5 Å². The lowest BCUT2D eigenvalue weighted by Crippen LogP contribution is -2.41. The summed E-state index contributed by atoms with van der Waals surface area (Å²) in [7, 11) is 1.76. The van der Waals surface area contributed by atoms with Gasteiger partial charge in [0.05, 0.1) is 19.3 Å². The van der Waals surface area contributed by atoms with E-state index in [1.165, 1.54) is 16.9 Å². The maximum absolute atomic E-state index is 12.9. The second-order valence-electron chi connectivity index (χ2n) is 14.4. The summed E-state index contributed by atoms with van der Waals surface area (Å²) in [6.07, 6.45) is 5.52. The van der Waals surface area contributed by atoms with Gasteiger partial charge in [0.15, 0.2) is 10.9 Å². The van der Waals surface area contributed by atoms with Crippen LogP contribution in [-0.4, -0.2) is 81.0 Å². The van der Waals surface area contributed by atoms with E-state index in [1.54, 1.807) is 101 Å². The molecule has 3 N–H and O–H groups in total. The number of hydrogen-bond acceptors (Lipinski definition) is 12. The molecule has 3 aromatic heterocycles. The van der Waals surface area contributed by atoms with E-state index in [4.69, 9.17) is 18.9 Å². The number of aryl methyl sites for hydroxylation is 2. The van der Waals surface area contributed by atoms with Gasteiger partial charge in [-0.25, -0.2) is 4.98 Å². The van der Waals surface area contributed by atoms with E-state index in [2.05, 4.69) is 37.5 Å². The van der Waals surface area contributed by atoms with E-state index in [0.717, 1.165) is 30.8 Å². The first kappa shape index (κ1) is 44.3. The molecular weight excluding hydrogens is 817 g/mol. The highest BCUT2D eigenvalue weighted by Crippen LogP contribution is 2.30. The molecule has 14 nitrogen and oxygen atoms in total. The normalized spacial score (nSPS) is 12.4. The maximum Gasteiger partial charge on any atom is 0.257 e. The summed E-state index contributed by atoms with van der Waals surface area (Å²) in [4.78, 5) is 44.9. The maximum atomic E-state index is 12.9. The summed E-state index contributed by atoms with van der Waals surface area (Å²) in [6, 6.07) is 20.8. The fourth-order valence-corrected chi connectivity index (χ4v) is 7.24. The van der Waals surface area contributed by atoms with Gasteiger partial charge in [-0.1, -0.05) is 6.92 Å². The number of anilines is 2. The van der Waals surface area contributed by atoms with Gasteiger partial charge in [-0.15, -0.1) is 11.3 Å². The second-order valence-corrected chi connectivity index (χ2v) is 16.5. The van der Waals surface area contributed by atoms with E-state index in [1.807, 2.05) is 33.8 Å². The van der Waals surface area contributed by atoms with E-state index >= 15 is 0 Å². The van der Waals surface area contributed by atoms with Gasteiger partial charge in [0, 0.05) is 78.7 Å². The van der Waals surface area contributed by atoms with Crippen molar-refractivity contribution < 1.29 is 38.4 Å². The minimum Gasteiger partial charge on any atom is -0.493 e. The van der Waals surface area contributed by atoms with E-state index < -0.39 is 6.10 Å². The Morgan fingerprint density at radius 3 is 2.13 bits per heavy atom. The van der Waals surface area contributed by atoms with Crippen molar-refractivity contribution in [2.24, 2.45) is 7.05 Å². The molecule has 320 valence electrons. The highest BCUT2D eigenvalue weighted by molar-refractivity contribution is 7.15. The molecule has 61 heavy (non-hydrogen) atoms. The number of hydrogen-bond donors (Lipinski definition) is 3. The lowest BCUT2D eigenvalue weighted by molar-refractivity contribution is 0.0651. The lowest BCUT2D eigenvalue weighted by atomic mass is 10.1. The van der Waals surface area contributed by atoms with E-state index in [9.17, 15) is 19.5 Å². The highest BCUT2D eigenvalue weighted by atomic mass is 32.1. The van der Waals surface area contributed by atoms with Gasteiger partial charge in [-0.2, -0.15) is 16.4 Å². The summed E-state index contributed by atoms with van der Waals surface area (Å²) in [6.45, 7) is 9.71. The van der Waals surface area contributed by atoms with Crippen molar-refractivity contribution in [3.05, 3.63) is 123 Å². The second kappa shape index (κ2) is 21.3. The van der Waals surface area contributed by atoms with Crippen molar-refractivity contribution in [2.45, 2.75) is 59.2 Å². The number of rotatable bonds is 17. The number of carbonyl (C=O) groups is 3. The summed E-state index contributed by atoms with van der Waals surface area (Å²) in [5.41, 5.74) is 2.64. The van der Waals surface area contributed by atoms with Crippen LogP contribution in [0.25, 0.3) is 0 Å². The van der Waals surface area contributed by atoms with E-state index in [0.29, 0.717) is 69.4 Å². The molecule has 0 aliphatic carbocycles. The third-order valence-electron chi connectivity index (χ3n) is 9.13. The number of carbonyl (C=O) groups excluding carboxylic acids is 3. The summed E-state index contributed by atoms with van der Waals surface area (Å²) < 4.78 is 25.1. The predicted octanol–water partition coefficient (Wildman–Crippen LogP) is 8.63. The van der Waals surface area contributed by atoms with Crippen LogP contribution in [0.1, 0.15) is 75.1 Å². The van der Waals surface area contributed by atoms with Crippen LogP contribution < -0.4 is 29.6 Å². The Morgan fingerprint density at radius 1 is 0.852 bits per heavy atom. The Balaban J connectivity index is 0.000000210. The van der Waals surface area contributed by atoms with Crippen LogP contribution in [0.4, 0.5) is 10.9 Å². The fourth-order valence-electron chi connectivity index (χ4n) is 5.88. The molecule has 1 aliphatic rings. The Hall–Kier alpha value is -6.23. The molecule has 1 atom stereocenters. The number of thiazole rings is 1. The average Bonchev–Trinajstić information content (AvgIpc) is 3.99. The Bertz CT molecular complexity index is 2370. The molecule has 3 aromatic carbocycles. The summed E-state index contributed by atoms with van der Waals surface area (Å²) >= 11 is 3.11. The van der Waals surface area contributed by atoms with Crippen LogP contribution in [0.2, 0.25) is 0 Å². The third-order valence-corrected chi connectivity index (χ3v) is 10.7. The monoisotopic (exact) mass is 866 g/mol. The number of nitrogens with zero attached hydrogens (tertiary/aromatic N) is 4. The molecule has 3 amide bonds. The van der Waals surface area contributed by atoms with Gasteiger partial charge < -0.3 is 34.3 Å². The van der Waals surface area contributed by atoms with Gasteiger partial charge in [0.25, 0.3) is 17.7 Å². The zero-order valence-corrected chi connectivity index (χ0v) is 36.4. The topological polar surface area (TPSA) is 166 Å². The number of thiophene rings is 1. The van der Waals surface area contributed by atoms with Gasteiger partial charge in [-0.05, 0) is 105 Å². The molecule has 0 spiro atoms. The van der Waals surface area contributed by atoms with Crippen LogP contribution in [0.5, 0.6) is 28.7 Å². The molecule has 1 aliphatic heterocycles. The number of aliphatic hydroxyl groups is 1. The first-order valence-corrected chi connectivity index (χ1v) is 21.7. The zero-order chi connectivity index (χ0) is 43.3. The zero-order valence-electron chi connectivity index (χ0n) is 34.8. The fraction of sp³-hybridized carbons (Fsp3) is 0.311. The van der Waals surface area contributed by atoms with Crippen LogP contribution >= 0.6 is 22.7 Å². The number of benzene rings is 3. The number of amides is 3. The molecule has 0 bridgehead atoms. The largest absolute Gasteiger partial charge is 0.493 e. The molecule has 6 aromatic rings. The molecule has 0 radical (unpaired) electrons. The first-order chi connectivity index (χ1) is 29.4. The molecule has 1 saturated heterocycles. The molecule has 1 fully saturated rings. The van der Waals surface area contributed by atoms with Crippen molar-refractivity contribution in [1.29, 1.82) is 0 Å². The third kappa shape index (κ3) is 13.1. The Morgan fingerprint density at radius 2 is 1.54 bits per heavy atom. The van der Waals surface area contributed by atoms with Crippen LogP contribution in [0, 0.1) is 6.92 Å². The molecule has 16 heteroatoms. The molecule has 4 heterocycles. The first-order valence-electron chi connectivity index (χ1n) is 19.9. The summed E-state index contributed by atoms with van der Waals surface area (Å²) in [5.74, 6) is 2.35.